The highest BCUT2D eigenvalue weighted by Gasteiger charge is 2.14. The maximum absolute atomic E-state index is 5.82. The fourth-order valence-electron chi connectivity index (χ4n) is 3.60. The zero-order chi connectivity index (χ0) is 19.1. The molecule has 0 aliphatic carbocycles. The Morgan fingerprint density at radius 3 is 2.44 bits per heavy atom. The average Bonchev–Trinajstić information content (AvgIpc) is 2.73. The number of hydrogen-bond donors (Lipinski definition) is 0. The van der Waals surface area contributed by atoms with Crippen molar-refractivity contribution < 1.29 is 9.47 Å². The molecule has 144 valence electrons. The summed E-state index contributed by atoms with van der Waals surface area (Å²) in [6, 6.07) is 14.7. The third kappa shape index (κ3) is 5.06. The maximum Gasteiger partial charge on any atom is 0.161 e. The van der Waals surface area contributed by atoms with E-state index in [-0.39, 0.29) is 0 Å². The van der Waals surface area contributed by atoms with E-state index in [0.29, 0.717) is 0 Å². The van der Waals surface area contributed by atoms with Crippen LogP contribution in [-0.2, 0) is 0 Å². The Kier molecular flexibility index (Phi) is 7.19. The number of alkyl halides is 1. The van der Waals surface area contributed by atoms with E-state index >= 15 is 0 Å². The van der Waals surface area contributed by atoms with Gasteiger partial charge in [0, 0.05) is 19.0 Å². The minimum atomic E-state index is 0.748. The van der Waals surface area contributed by atoms with Gasteiger partial charge in [0.25, 0.3) is 0 Å². The number of halogens is 1. The van der Waals surface area contributed by atoms with Crippen molar-refractivity contribution in [3.8, 4) is 22.6 Å². The molecule has 0 atom stereocenters. The molecule has 1 heterocycles. The summed E-state index contributed by atoms with van der Waals surface area (Å²) in [5.74, 6) is 2.25. The Morgan fingerprint density at radius 2 is 1.74 bits per heavy atom. The van der Waals surface area contributed by atoms with Crippen LogP contribution in [-0.4, -0.2) is 44.6 Å². The zero-order valence-corrected chi connectivity index (χ0v) is 17.0. The maximum atomic E-state index is 5.82. The van der Waals surface area contributed by atoms with Crippen LogP contribution in [0.3, 0.4) is 0 Å². The van der Waals surface area contributed by atoms with E-state index in [9.17, 15) is 0 Å². The Hall–Kier alpha value is -1.97. The minimum Gasteiger partial charge on any atom is -0.493 e. The van der Waals surface area contributed by atoms with Crippen LogP contribution in [0.25, 0.3) is 17.2 Å². The summed E-state index contributed by atoms with van der Waals surface area (Å²) in [5.41, 5.74) is 5.13. The molecule has 0 bridgehead atoms. The molecule has 0 amide bonds. The fourth-order valence-corrected chi connectivity index (χ4v) is 3.72. The van der Waals surface area contributed by atoms with Gasteiger partial charge in [0.2, 0.25) is 0 Å². The predicted octanol–water partition coefficient (Wildman–Crippen LogP) is 5.48. The number of piperidine rings is 1. The monoisotopic (exact) mass is 385 g/mol. The Morgan fingerprint density at radius 1 is 1.00 bits per heavy atom. The average molecular weight is 386 g/mol. The third-order valence-electron chi connectivity index (χ3n) is 5.12. The van der Waals surface area contributed by atoms with Crippen molar-refractivity contribution in [1.29, 1.82) is 0 Å². The fraction of sp³-hybridized carbons (Fsp3) is 0.391. The van der Waals surface area contributed by atoms with Crippen LogP contribution in [0.5, 0.6) is 11.5 Å². The van der Waals surface area contributed by atoms with Crippen molar-refractivity contribution in [3.05, 3.63) is 53.6 Å². The Bertz CT molecular complexity index is 778. The summed E-state index contributed by atoms with van der Waals surface area (Å²) in [4.78, 5) is 2.51. The topological polar surface area (TPSA) is 21.7 Å². The van der Waals surface area contributed by atoms with Gasteiger partial charge in [-0.3, -0.25) is 0 Å². The molecular formula is C23H28ClNO2. The molecule has 0 radical (unpaired) electrons. The molecule has 2 aromatic carbocycles. The summed E-state index contributed by atoms with van der Waals surface area (Å²) < 4.78 is 10.8. The second-order valence-electron chi connectivity index (χ2n) is 6.84. The molecule has 4 heteroatoms. The quantitative estimate of drug-likeness (QED) is 0.589. The van der Waals surface area contributed by atoms with Gasteiger partial charge < -0.3 is 14.4 Å². The van der Waals surface area contributed by atoms with E-state index in [1.807, 2.05) is 12.1 Å². The molecule has 0 N–H and O–H groups in total. The molecule has 0 spiro atoms. The van der Waals surface area contributed by atoms with Gasteiger partial charge in [-0.15, -0.1) is 11.6 Å². The predicted molar refractivity (Wildman–Crippen MR) is 114 cm³/mol. The normalized spacial score (nSPS) is 14.9. The van der Waals surface area contributed by atoms with E-state index in [2.05, 4.69) is 41.3 Å². The molecule has 1 aliphatic heterocycles. The van der Waals surface area contributed by atoms with Crippen LogP contribution in [0.1, 0.15) is 24.8 Å². The Balaban J connectivity index is 1.81. The Labute approximate surface area is 167 Å². The molecule has 1 aliphatic rings. The molecule has 0 aromatic heterocycles. The van der Waals surface area contributed by atoms with Crippen LogP contribution < -0.4 is 9.47 Å². The van der Waals surface area contributed by atoms with Crippen LogP contribution >= 0.6 is 11.6 Å². The highest BCUT2D eigenvalue weighted by molar-refractivity contribution is 6.17. The number of nitrogens with zero attached hydrogens (tertiary/aromatic N) is 1. The number of hydrogen-bond acceptors (Lipinski definition) is 3. The van der Waals surface area contributed by atoms with Gasteiger partial charge >= 0.3 is 0 Å². The van der Waals surface area contributed by atoms with Crippen molar-refractivity contribution in [1.82, 2.24) is 4.90 Å². The molecular weight excluding hydrogens is 358 g/mol. The lowest BCUT2D eigenvalue weighted by Gasteiger charge is -2.28. The summed E-state index contributed by atoms with van der Waals surface area (Å²) in [6.45, 7) is 3.36. The number of ether oxygens (including phenoxy) is 2. The highest BCUT2D eigenvalue weighted by atomic mass is 35.5. The second kappa shape index (κ2) is 9.82. The summed E-state index contributed by atoms with van der Waals surface area (Å²) in [7, 11) is 3.34. The molecule has 1 fully saturated rings. The number of likely N-dealkylation sites (tertiary alicyclic amines) is 1. The smallest absolute Gasteiger partial charge is 0.161 e. The first-order chi connectivity index (χ1) is 13.2. The number of benzene rings is 2. The molecule has 3 nitrogen and oxygen atoms in total. The van der Waals surface area contributed by atoms with E-state index in [1.54, 1.807) is 14.2 Å². The SMILES string of the molecule is COc1ccc(-c2ccccc2C=C2CCN(CCCCl)CC2)cc1OC. The molecule has 2 aromatic rings. The number of methoxy groups -OCH3 is 2. The highest BCUT2D eigenvalue weighted by Crippen LogP contribution is 2.34. The van der Waals surface area contributed by atoms with Gasteiger partial charge in [0.05, 0.1) is 14.2 Å². The van der Waals surface area contributed by atoms with Crippen molar-refractivity contribution in [2.75, 3.05) is 39.7 Å². The molecule has 0 saturated carbocycles. The lowest BCUT2D eigenvalue weighted by molar-refractivity contribution is 0.258. The van der Waals surface area contributed by atoms with Crippen LogP contribution in [0.4, 0.5) is 0 Å². The van der Waals surface area contributed by atoms with Crippen molar-refractivity contribution >= 4 is 17.7 Å². The van der Waals surface area contributed by atoms with Gasteiger partial charge in [-0.2, -0.15) is 0 Å². The van der Waals surface area contributed by atoms with Gasteiger partial charge in [-0.25, -0.2) is 0 Å². The van der Waals surface area contributed by atoms with E-state index in [0.717, 1.165) is 61.8 Å². The summed E-state index contributed by atoms with van der Waals surface area (Å²) in [6.07, 6.45) is 5.69. The van der Waals surface area contributed by atoms with E-state index in [1.165, 1.54) is 16.7 Å². The van der Waals surface area contributed by atoms with E-state index < -0.39 is 0 Å². The van der Waals surface area contributed by atoms with Crippen molar-refractivity contribution in [3.63, 3.8) is 0 Å². The second-order valence-corrected chi connectivity index (χ2v) is 7.22. The first-order valence-corrected chi connectivity index (χ1v) is 10.1. The standard InChI is InChI=1S/C23H28ClNO2/c1-26-22-9-8-20(17-23(22)27-2)21-7-4-3-6-19(21)16-18-10-14-25(15-11-18)13-5-12-24/h3-4,6-9,16-17H,5,10-15H2,1-2H3. The lowest BCUT2D eigenvalue weighted by atomic mass is 9.95. The van der Waals surface area contributed by atoms with Crippen LogP contribution in [0, 0.1) is 0 Å². The first-order valence-electron chi connectivity index (χ1n) is 9.54. The molecule has 0 unspecified atom stereocenters. The van der Waals surface area contributed by atoms with Crippen LogP contribution in [0.2, 0.25) is 0 Å². The van der Waals surface area contributed by atoms with Gasteiger partial charge in [0.1, 0.15) is 0 Å². The van der Waals surface area contributed by atoms with Crippen molar-refractivity contribution in [2.45, 2.75) is 19.3 Å². The zero-order valence-electron chi connectivity index (χ0n) is 16.2. The van der Waals surface area contributed by atoms with Gasteiger partial charge in [-0.05, 0) is 54.6 Å². The van der Waals surface area contributed by atoms with Crippen LogP contribution in [0.15, 0.2) is 48.0 Å². The third-order valence-corrected chi connectivity index (χ3v) is 5.39. The minimum absolute atomic E-state index is 0.748. The molecule has 1 saturated heterocycles. The molecule has 3 rings (SSSR count). The summed E-state index contributed by atoms with van der Waals surface area (Å²) >= 11 is 5.82. The number of rotatable bonds is 7. The van der Waals surface area contributed by atoms with Crippen molar-refractivity contribution in [2.24, 2.45) is 0 Å². The van der Waals surface area contributed by atoms with E-state index in [4.69, 9.17) is 21.1 Å². The lowest BCUT2D eigenvalue weighted by Crippen LogP contribution is -2.31. The van der Waals surface area contributed by atoms with Gasteiger partial charge in [-0.1, -0.05) is 42.0 Å². The first kappa shape index (κ1) is 19.8. The van der Waals surface area contributed by atoms with Gasteiger partial charge in [0.15, 0.2) is 11.5 Å². The summed E-state index contributed by atoms with van der Waals surface area (Å²) in [5, 5.41) is 0. The molecule has 27 heavy (non-hydrogen) atoms. The largest absolute Gasteiger partial charge is 0.493 e.